The van der Waals surface area contributed by atoms with Gasteiger partial charge >= 0.3 is 11.9 Å². The van der Waals surface area contributed by atoms with E-state index in [0.717, 1.165) is 57.8 Å². The van der Waals surface area contributed by atoms with Gasteiger partial charge in [0.15, 0.2) is 6.10 Å². The van der Waals surface area contributed by atoms with Crippen LogP contribution in [0.25, 0.3) is 0 Å². The van der Waals surface area contributed by atoms with Crippen molar-refractivity contribution in [2.75, 3.05) is 19.8 Å². The minimum atomic E-state index is -0.569. The Bertz CT molecular complexity index is 915. The van der Waals surface area contributed by atoms with Gasteiger partial charge in [-0.05, 0) is 44.9 Å². The third kappa shape index (κ3) is 40.4. The van der Waals surface area contributed by atoms with Crippen LogP contribution in [0.4, 0.5) is 0 Å². The molecule has 0 radical (unpaired) electrons. The normalized spacial score (nSPS) is 12.8. The molecule has 1 unspecified atom stereocenters. The second-order valence-corrected chi connectivity index (χ2v) is 14.2. The molecule has 0 aromatic rings. The number of hydrogen-bond donors (Lipinski definition) is 0. The molecule has 0 rings (SSSR count). The number of hydrogen-bond acceptors (Lipinski definition) is 5. The average Bonchev–Trinajstić information content (AvgIpc) is 3.14. The fourth-order valence-corrected chi connectivity index (χ4v) is 5.88. The molecule has 0 amide bonds. The van der Waals surface area contributed by atoms with Gasteiger partial charge in [0.05, 0.1) is 13.0 Å². The van der Waals surface area contributed by atoms with E-state index in [1.807, 2.05) is 12.2 Å². The summed E-state index contributed by atoms with van der Waals surface area (Å²) >= 11 is 0. The maximum absolute atomic E-state index is 12.7. The molecule has 0 N–H and O–H groups in total. The summed E-state index contributed by atoms with van der Waals surface area (Å²) in [4.78, 5) is 25.1. The van der Waals surface area contributed by atoms with Crippen molar-refractivity contribution in [3.63, 3.8) is 0 Å². The summed E-state index contributed by atoms with van der Waals surface area (Å²) in [6, 6.07) is 0. The summed E-state index contributed by atoms with van der Waals surface area (Å²) in [5.74, 6) is -0.542. The number of esters is 2. The van der Waals surface area contributed by atoms with E-state index in [-0.39, 0.29) is 31.6 Å². The summed E-state index contributed by atoms with van der Waals surface area (Å²) < 4.78 is 17.1. The number of ether oxygens (including phenoxy) is 3. The molecule has 300 valence electrons. The maximum atomic E-state index is 12.7. The summed E-state index contributed by atoms with van der Waals surface area (Å²) in [6.45, 7) is 7.59. The van der Waals surface area contributed by atoms with E-state index in [1.54, 1.807) is 0 Å². The SMILES string of the molecule is CC/C=C\C/C=C\C/C=C\C/C=C\C/C=C\CC(=O)OCC(COCCCCCCCCCC)OC(=O)CCCCCCCCCCCCCCC. The Hall–Kier alpha value is -2.40. The predicted molar refractivity (Wildman–Crippen MR) is 224 cm³/mol. The van der Waals surface area contributed by atoms with E-state index >= 15 is 0 Å². The van der Waals surface area contributed by atoms with Gasteiger partial charge in [-0.1, -0.05) is 204 Å². The zero-order valence-electron chi connectivity index (χ0n) is 34.3. The highest BCUT2D eigenvalue weighted by molar-refractivity contribution is 5.71. The fraction of sp³-hybridized carbons (Fsp3) is 0.745. The highest BCUT2D eigenvalue weighted by Gasteiger charge is 2.17. The third-order valence-corrected chi connectivity index (χ3v) is 9.10. The lowest BCUT2D eigenvalue weighted by atomic mass is 10.0. The van der Waals surface area contributed by atoms with Gasteiger partial charge in [0.1, 0.15) is 6.61 Å². The largest absolute Gasteiger partial charge is 0.461 e. The van der Waals surface area contributed by atoms with Crippen molar-refractivity contribution in [2.45, 2.75) is 207 Å². The molecule has 0 aromatic heterocycles. The van der Waals surface area contributed by atoms with Gasteiger partial charge in [-0.25, -0.2) is 0 Å². The second kappa shape index (κ2) is 43.0. The van der Waals surface area contributed by atoms with Crippen LogP contribution in [0.5, 0.6) is 0 Å². The lowest BCUT2D eigenvalue weighted by molar-refractivity contribution is -0.162. The van der Waals surface area contributed by atoms with Gasteiger partial charge < -0.3 is 14.2 Å². The van der Waals surface area contributed by atoms with Crippen molar-refractivity contribution in [3.05, 3.63) is 60.8 Å². The second-order valence-electron chi connectivity index (χ2n) is 14.2. The first-order valence-corrected chi connectivity index (χ1v) is 21.8. The minimum absolute atomic E-state index is 0.0330. The lowest BCUT2D eigenvalue weighted by Gasteiger charge is -2.18. The van der Waals surface area contributed by atoms with Gasteiger partial charge in [0.25, 0.3) is 0 Å². The van der Waals surface area contributed by atoms with Gasteiger partial charge in [-0.15, -0.1) is 0 Å². The van der Waals surface area contributed by atoms with E-state index in [0.29, 0.717) is 13.0 Å². The van der Waals surface area contributed by atoms with Crippen LogP contribution in [-0.4, -0.2) is 37.9 Å². The molecule has 0 spiro atoms. The highest BCUT2D eigenvalue weighted by Crippen LogP contribution is 2.14. The monoisotopic (exact) mass is 727 g/mol. The van der Waals surface area contributed by atoms with Crippen LogP contribution in [0.1, 0.15) is 201 Å². The predicted octanol–water partition coefficient (Wildman–Crippen LogP) is 14.2. The number of allylic oxidation sites excluding steroid dienone is 9. The number of rotatable bonds is 39. The van der Waals surface area contributed by atoms with Crippen molar-refractivity contribution >= 4 is 11.9 Å². The Morgan fingerprint density at radius 3 is 1.31 bits per heavy atom. The van der Waals surface area contributed by atoms with E-state index in [1.165, 1.54) is 109 Å². The highest BCUT2D eigenvalue weighted by atomic mass is 16.6. The molecule has 0 saturated heterocycles. The summed E-state index contributed by atoms with van der Waals surface area (Å²) in [7, 11) is 0. The maximum Gasteiger partial charge on any atom is 0.309 e. The van der Waals surface area contributed by atoms with E-state index < -0.39 is 6.10 Å². The Morgan fingerprint density at radius 1 is 0.442 bits per heavy atom. The topological polar surface area (TPSA) is 61.8 Å². The molecule has 5 nitrogen and oxygen atoms in total. The first-order valence-electron chi connectivity index (χ1n) is 21.8. The molecule has 0 aliphatic rings. The first-order chi connectivity index (χ1) is 25.6. The molecule has 52 heavy (non-hydrogen) atoms. The zero-order valence-corrected chi connectivity index (χ0v) is 34.3. The van der Waals surface area contributed by atoms with Gasteiger partial charge in [-0.3, -0.25) is 9.59 Å². The zero-order chi connectivity index (χ0) is 37.8. The molecule has 0 bridgehead atoms. The fourth-order valence-electron chi connectivity index (χ4n) is 5.88. The van der Waals surface area contributed by atoms with Crippen molar-refractivity contribution in [1.29, 1.82) is 0 Å². The van der Waals surface area contributed by atoms with Crippen LogP contribution in [0.15, 0.2) is 60.8 Å². The minimum Gasteiger partial charge on any atom is -0.461 e. The standard InChI is InChI=1S/C47H82O5/c1-4-7-10-13-16-19-21-23-24-26-27-29-31-34-37-40-46(48)51-44-45(43-50-42-39-36-33-18-15-12-9-6-3)52-47(49)41-38-35-32-30-28-25-22-20-17-14-11-8-5-2/h7,10,16,19,23-24,27,29,34,37,45H,4-6,8-9,11-15,17-18,20-22,25-26,28,30-33,35-36,38-44H2,1-3H3/b10-7-,19-16-,24-23-,29-27-,37-34-. The summed E-state index contributed by atoms with van der Waals surface area (Å²) in [6.07, 6.45) is 52.4. The molecule has 0 fully saturated rings. The van der Waals surface area contributed by atoms with Crippen LogP contribution in [-0.2, 0) is 23.8 Å². The smallest absolute Gasteiger partial charge is 0.309 e. The van der Waals surface area contributed by atoms with E-state index in [2.05, 4.69) is 69.4 Å². The molecule has 0 saturated carbocycles. The molecule has 1 atom stereocenters. The molecule has 0 aliphatic heterocycles. The van der Waals surface area contributed by atoms with Crippen molar-refractivity contribution in [1.82, 2.24) is 0 Å². The van der Waals surface area contributed by atoms with Gasteiger partial charge in [0, 0.05) is 13.0 Å². The molecule has 0 aromatic carbocycles. The van der Waals surface area contributed by atoms with Gasteiger partial charge in [-0.2, -0.15) is 0 Å². The van der Waals surface area contributed by atoms with Crippen LogP contribution < -0.4 is 0 Å². The van der Waals surface area contributed by atoms with E-state index in [4.69, 9.17) is 14.2 Å². The molecular formula is C47H82O5. The third-order valence-electron chi connectivity index (χ3n) is 9.10. The number of unbranched alkanes of at least 4 members (excludes halogenated alkanes) is 19. The van der Waals surface area contributed by atoms with Crippen LogP contribution in [0.2, 0.25) is 0 Å². The Kier molecular flexibility index (Phi) is 41.0. The van der Waals surface area contributed by atoms with Crippen LogP contribution >= 0.6 is 0 Å². The summed E-state index contributed by atoms with van der Waals surface area (Å²) in [5, 5.41) is 0. The summed E-state index contributed by atoms with van der Waals surface area (Å²) in [5.41, 5.74) is 0. The molecule has 5 heteroatoms. The number of carbonyl (C=O) groups excluding carboxylic acids is 2. The van der Waals surface area contributed by atoms with Crippen molar-refractivity contribution in [3.8, 4) is 0 Å². The van der Waals surface area contributed by atoms with Crippen molar-refractivity contribution in [2.24, 2.45) is 0 Å². The van der Waals surface area contributed by atoms with Gasteiger partial charge in [0.2, 0.25) is 0 Å². The Balaban J connectivity index is 4.33. The van der Waals surface area contributed by atoms with E-state index in [9.17, 15) is 9.59 Å². The molecule has 0 heterocycles. The first kappa shape index (κ1) is 49.6. The Morgan fingerprint density at radius 2 is 0.846 bits per heavy atom. The quantitative estimate of drug-likeness (QED) is 0.0358. The van der Waals surface area contributed by atoms with Crippen molar-refractivity contribution < 1.29 is 23.8 Å². The average molecular weight is 727 g/mol. The number of carbonyl (C=O) groups is 2. The Labute approximate surface area is 322 Å². The van der Waals surface area contributed by atoms with Crippen LogP contribution in [0.3, 0.4) is 0 Å². The lowest BCUT2D eigenvalue weighted by Crippen LogP contribution is -2.30. The van der Waals surface area contributed by atoms with Crippen LogP contribution in [0, 0.1) is 0 Å². The molecular weight excluding hydrogens is 645 g/mol. The molecule has 0 aliphatic carbocycles.